The number of ether oxygens (including phenoxy) is 3. The van der Waals surface area contributed by atoms with E-state index in [1.54, 1.807) is 19.1 Å². The monoisotopic (exact) mass is 440 g/mol. The van der Waals surface area contributed by atoms with Crippen LogP contribution in [0.1, 0.15) is 24.0 Å². The zero-order valence-corrected chi connectivity index (χ0v) is 19.1. The van der Waals surface area contributed by atoms with Gasteiger partial charge in [-0.2, -0.15) is 0 Å². The quantitative estimate of drug-likeness (QED) is 0.558. The smallest absolute Gasteiger partial charge is 0.308 e. The van der Waals surface area contributed by atoms with Gasteiger partial charge in [-0.15, -0.1) is 0 Å². The van der Waals surface area contributed by atoms with Crippen molar-refractivity contribution in [3.05, 3.63) is 59.7 Å². The van der Waals surface area contributed by atoms with Crippen LogP contribution in [0.2, 0.25) is 0 Å². The Hall–Kier alpha value is -3.06. The number of carbonyl (C=O) groups is 2. The molecule has 172 valence electrons. The van der Waals surface area contributed by atoms with Crippen molar-refractivity contribution in [3.8, 4) is 11.5 Å². The van der Waals surface area contributed by atoms with Gasteiger partial charge in [-0.3, -0.25) is 14.5 Å². The molecule has 1 fully saturated rings. The Morgan fingerprint density at radius 1 is 1.00 bits per heavy atom. The van der Waals surface area contributed by atoms with E-state index in [1.165, 1.54) is 7.11 Å². The van der Waals surface area contributed by atoms with Crippen LogP contribution in [0.4, 0.5) is 0 Å². The summed E-state index contributed by atoms with van der Waals surface area (Å²) in [5, 5.41) is 0. The van der Waals surface area contributed by atoms with Gasteiger partial charge < -0.3 is 19.1 Å². The molecule has 1 saturated heterocycles. The van der Waals surface area contributed by atoms with Crippen molar-refractivity contribution in [1.29, 1.82) is 0 Å². The van der Waals surface area contributed by atoms with Crippen LogP contribution in [0.3, 0.4) is 0 Å². The van der Waals surface area contributed by atoms with Crippen molar-refractivity contribution in [3.63, 3.8) is 0 Å². The number of carbonyl (C=O) groups excluding carboxylic acids is 2. The van der Waals surface area contributed by atoms with Crippen molar-refractivity contribution in [2.45, 2.75) is 26.0 Å². The molecule has 1 heterocycles. The van der Waals surface area contributed by atoms with Crippen LogP contribution in [0.15, 0.2) is 48.5 Å². The summed E-state index contributed by atoms with van der Waals surface area (Å²) in [6.07, 6.45) is 1.45. The Morgan fingerprint density at radius 2 is 1.72 bits per heavy atom. The topological polar surface area (TPSA) is 68.3 Å². The first-order valence-corrected chi connectivity index (χ1v) is 10.9. The molecule has 0 spiro atoms. The Kier molecular flexibility index (Phi) is 8.50. The Labute approximate surface area is 189 Å². The molecule has 0 radical (unpaired) electrons. The van der Waals surface area contributed by atoms with Crippen LogP contribution in [-0.4, -0.2) is 62.6 Å². The van der Waals surface area contributed by atoms with E-state index in [4.69, 9.17) is 14.2 Å². The molecule has 0 unspecified atom stereocenters. The van der Waals surface area contributed by atoms with Crippen molar-refractivity contribution in [1.82, 2.24) is 9.80 Å². The summed E-state index contributed by atoms with van der Waals surface area (Å²) in [5.74, 6) is 1.15. The summed E-state index contributed by atoms with van der Waals surface area (Å²) in [7, 11) is 4.83. The normalized spacial score (nSPS) is 14.6. The highest BCUT2D eigenvalue weighted by Crippen LogP contribution is 2.29. The number of rotatable bonds is 9. The molecule has 1 aliphatic heterocycles. The van der Waals surface area contributed by atoms with E-state index >= 15 is 0 Å². The van der Waals surface area contributed by atoms with E-state index in [0.717, 1.165) is 37.1 Å². The molecular formula is C25H32N2O5. The molecular weight excluding hydrogens is 408 g/mol. The van der Waals surface area contributed by atoms with E-state index in [0.29, 0.717) is 31.2 Å². The minimum absolute atomic E-state index is 0.0462. The lowest BCUT2D eigenvalue weighted by atomic mass is 9.97. The molecule has 0 bridgehead atoms. The number of amides is 1. The average molecular weight is 441 g/mol. The van der Waals surface area contributed by atoms with Crippen LogP contribution in [0, 0.1) is 5.92 Å². The van der Waals surface area contributed by atoms with Gasteiger partial charge in [0.1, 0.15) is 6.61 Å². The van der Waals surface area contributed by atoms with Crippen LogP contribution in [0.25, 0.3) is 0 Å². The molecule has 1 aliphatic rings. The Balaban J connectivity index is 1.51. The van der Waals surface area contributed by atoms with E-state index in [9.17, 15) is 9.59 Å². The lowest BCUT2D eigenvalue weighted by Crippen LogP contribution is -2.43. The fourth-order valence-corrected chi connectivity index (χ4v) is 3.83. The maximum atomic E-state index is 12.7. The van der Waals surface area contributed by atoms with E-state index < -0.39 is 0 Å². The highest BCUT2D eigenvalue weighted by atomic mass is 16.5. The number of likely N-dealkylation sites (tertiary alicyclic amines) is 1. The molecule has 0 aromatic heterocycles. The number of likely N-dealkylation sites (N-methyl/N-ethyl adjacent to an activating group) is 1. The largest absolute Gasteiger partial charge is 0.493 e. The van der Waals surface area contributed by atoms with Gasteiger partial charge in [-0.05, 0) is 49.2 Å². The van der Waals surface area contributed by atoms with Gasteiger partial charge in [-0.25, -0.2) is 0 Å². The van der Waals surface area contributed by atoms with E-state index in [1.807, 2.05) is 48.5 Å². The van der Waals surface area contributed by atoms with Crippen LogP contribution < -0.4 is 9.47 Å². The number of hydrogen-bond donors (Lipinski definition) is 0. The Bertz CT molecular complexity index is 894. The zero-order chi connectivity index (χ0) is 22.9. The van der Waals surface area contributed by atoms with Crippen molar-refractivity contribution < 1.29 is 23.8 Å². The first kappa shape index (κ1) is 23.6. The van der Waals surface area contributed by atoms with Gasteiger partial charge in [0.15, 0.2) is 11.5 Å². The number of nitrogens with zero attached hydrogens (tertiary/aromatic N) is 2. The molecule has 2 aromatic rings. The van der Waals surface area contributed by atoms with Crippen molar-refractivity contribution in [2.24, 2.45) is 5.92 Å². The minimum Gasteiger partial charge on any atom is -0.493 e. The molecule has 0 saturated carbocycles. The van der Waals surface area contributed by atoms with E-state index in [-0.39, 0.29) is 17.8 Å². The summed E-state index contributed by atoms with van der Waals surface area (Å²) in [5.41, 5.74) is 2.05. The van der Waals surface area contributed by atoms with Gasteiger partial charge >= 0.3 is 5.97 Å². The van der Waals surface area contributed by atoms with Gasteiger partial charge in [0.05, 0.1) is 26.7 Å². The fourth-order valence-electron chi connectivity index (χ4n) is 3.83. The molecule has 2 aromatic carbocycles. The minimum atomic E-state index is -0.154. The fraction of sp³-hybridized carbons (Fsp3) is 0.440. The molecule has 3 rings (SSSR count). The summed E-state index contributed by atoms with van der Waals surface area (Å²) >= 11 is 0. The number of methoxy groups -OCH3 is 2. The molecule has 7 heteroatoms. The third-order valence-corrected chi connectivity index (χ3v) is 5.79. The van der Waals surface area contributed by atoms with Gasteiger partial charge in [-0.1, -0.05) is 36.4 Å². The highest BCUT2D eigenvalue weighted by Gasteiger charge is 2.27. The molecule has 7 nitrogen and oxygen atoms in total. The van der Waals surface area contributed by atoms with Gasteiger partial charge in [0, 0.05) is 13.6 Å². The maximum absolute atomic E-state index is 12.7. The molecule has 32 heavy (non-hydrogen) atoms. The summed E-state index contributed by atoms with van der Waals surface area (Å²) in [6, 6.07) is 15.7. The molecule has 1 amide bonds. The van der Waals surface area contributed by atoms with Crippen LogP contribution >= 0.6 is 0 Å². The summed E-state index contributed by atoms with van der Waals surface area (Å²) in [6.45, 7) is 2.73. The maximum Gasteiger partial charge on any atom is 0.308 e. The number of hydrogen-bond acceptors (Lipinski definition) is 6. The van der Waals surface area contributed by atoms with Crippen molar-refractivity contribution >= 4 is 11.9 Å². The second kappa shape index (κ2) is 11.5. The third-order valence-electron chi connectivity index (χ3n) is 5.79. The van der Waals surface area contributed by atoms with Crippen LogP contribution in [0.5, 0.6) is 11.5 Å². The number of benzene rings is 2. The van der Waals surface area contributed by atoms with Gasteiger partial charge in [0.2, 0.25) is 5.91 Å². The lowest BCUT2D eigenvalue weighted by Gasteiger charge is -2.31. The summed E-state index contributed by atoms with van der Waals surface area (Å²) < 4.78 is 16.2. The average Bonchev–Trinajstić information content (AvgIpc) is 2.83. The summed E-state index contributed by atoms with van der Waals surface area (Å²) in [4.78, 5) is 28.2. The standard InChI is InChI=1S/C25H32N2O5/c1-26(24(28)17-27-13-11-21(12-14-27)25(29)31-3)16-20-9-10-22(23(15-20)30-2)32-18-19-7-5-4-6-8-19/h4-10,15,21H,11-14,16-18H2,1-3H3. The highest BCUT2D eigenvalue weighted by molar-refractivity contribution is 5.78. The predicted octanol–water partition coefficient (Wildman–Crippen LogP) is 3.12. The first-order chi connectivity index (χ1) is 15.5. The molecule has 0 aliphatic carbocycles. The van der Waals surface area contributed by atoms with Gasteiger partial charge in [0.25, 0.3) is 0 Å². The number of piperidine rings is 1. The van der Waals surface area contributed by atoms with E-state index in [2.05, 4.69) is 4.90 Å². The SMILES string of the molecule is COC(=O)C1CCN(CC(=O)N(C)Cc2ccc(OCc3ccccc3)c(OC)c2)CC1. The first-order valence-electron chi connectivity index (χ1n) is 10.9. The molecule has 0 atom stereocenters. The molecule has 0 N–H and O–H groups in total. The second-order valence-corrected chi connectivity index (χ2v) is 8.08. The number of esters is 1. The zero-order valence-electron chi connectivity index (χ0n) is 19.1. The second-order valence-electron chi connectivity index (χ2n) is 8.08. The predicted molar refractivity (Wildman–Crippen MR) is 121 cm³/mol. The lowest BCUT2D eigenvalue weighted by molar-refractivity contribution is -0.147. The van der Waals surface area contributed by atoms with Crippen molar-refractivity contribution in [2.75, 3.05) is 40.9 Å². The Morgan fingerprint density at radius 3 is 2.38 bits per heavy atom. The third kappa shape index (κ3) is 6.47. The van der Waals surface area contributed by atoms with Crippen LogP contribution in [-0.2, 0) is 27.5 Å².